The minimum Gasteiger partial charge on any atom is -0.346 e. The van der Waals surface area contributed by atoms with E-state index in [9.17, 15) is 4.79 Å². The van der Waals surface area contributed by atoms with Crippen molar-refractivity contribution in [1.29, 1.82) is 0 Å². The Morgan fingerprint density at radius 1 is 1.07 bits per heavy atom. The lowest BCUT2D eigenvalue weighted by atomic mass is 10.1. The highest BCUT2D eigenvalue weighted by Gasteiger charge is 2.31. The Balaban J connectivity index is 1.69. The summed E-state index contributed by atoms with van der Waals surface area (Å²) >= 11 is 0. The summed E-state index contributed by atoms with van der Waals surface area (Å²) in [7, 11) is 1.82. The van der Waals surface area contributed by atoms with Crippen LogP contribution in [0.15, 0.2) is 41.2 Å². The van der Waals surface area contributed by atoms with Gasteiger partial charge >= 0.3 is 0 Å². The first-order valence-corrected chi connectivity index (χ1v) is 9.59. The molecule has 0 saturated carbocycles. The number of hydrogen-bond donors (Lipinski definition) is 0. The van der Waals surface area contributed by atoms with Crippen LogP contribution in [0.4, 0.5) is 5.82 Å². The molecule has 1 atom stereocenters. The van der Waals surface area contributed by atoms with E-state index in [2.05, 4.69) is 21.0 Å². The van der Waals surface area contributed by atoms with Gasteiger partial charge in [-0.05, 0) is 38.8 Å². The van der Waals surface area contributed by atoms with E-state index in [-0.39, 0.29) is 11.6 Å². The molecule has 0 aliphatic carbocycles. The summed E-state index contributed by atoms with van der Waals surface area (Å²) in [5.41, 5.74) is 3.48. The Kier molecular flexibility index (Phi) is 3.72. The predicted octanol–water partition coefficient (Wildman–Crippen LogP) is 2.93. The maximum Gasteiger partial charge on any atom is 0.261 e. The summed E-state index contributed by atoms with van der Waals surface area (Å²) < 4.78 is 3.60. The molecular weight excluding hydrogens is 352 g/mol. The van der Waals surface area contributed by atoms with Gasteiger partial charge in [0.15, 0.2) is 5.65 Å². The smallest absolute Gasteiger partial charge is 0.261 e. The number of benzene rings is 1. The van der Waals surface area contributed by atoms with Gasteiger partial charge in [0.05, 0.1) is 22.6 Å². The van der Waals surface area contributed by atoms with Gasteiger partial charge < -0.3 is 4.90 Å². The van der Waals surface area contributed by atoms with Gasteiger partial charge in [-0.1, -0.05) is 12.1 Å². The third-order valence-electron chi connectivity index (χ3n) is 5.52. The van der Waals surface area contributed by atoms with Crippen molar-refractivity contribution in [3.63, 3.8) is 0 Å². The molecule has 4 heterocycles. The van der Waals surface area contributed by atoms with Crippen molar-refractivity contribution in [1.82, 2.24) is 24.1 Å². The lowest BCUT2D eigenvalue weighted by Crippen LogP contribution is -2.32. The Morgan fingerprint density at radius 3 is 2.75 bits per heavy atom. The SMILES string of the molecule is Cc1cc(N2CCCC2c2nc3ccccc3c(=O)n2C)n2nc(C)cc2n1. The molecule has 5 rings (SSSR count). The molecular formula is C21H22N6O. The van der Waals surface area contributed by atoms with E-state index in [0.29, 0.717) is 5.39 Å². The topological polar surface area (TPSA) is 68.3 Å². The first-order chi connectivity index (χ1) is 13.5. The van der Waals surface area contributed by atoms with Crippen molar-refractivity contribution in [2.24, 2.45) is 7.05 Å². The number of hydrogen-bond acceptors (Lipinski definition) is 5. The van der Waals surface area contributed by atoms with Crippen LogP contribution in [-0.4, -0.2) is 30.7 Å². The van der Waals surface area contributed by atoms with Gasteiger partial charge in [0.25, 0.3) is 5.56 Å². The average molecular weight is 374 g/mol. The average Bonchev–Trinajstić information content (AvgIpc) is 3.30. The highest BCUT2D eigenvalue weighted by Crippen LogP contribution is 2.35. The largest absolute Gasteiger partial charge is 0.346 e. The molecule has 0 bridgehead atoms. The number of anilines is 1. The lowest BCUT2D eigenvalue weighted by molar-refractivity contribution is 0.602. The van der Waals surface area contributed by atoms with Crippen LogP contribution < -0.4 is 10.5 Å². The molecule has 3 aromatic heterocycles. The summed E-state index contributed by atoms with van der Waals surface area (Å²) in [6, 6.07) is 11.6. The molecule has 0 N–H and O–H groups in total. The summed E-state index contributed by atoms with van der Waals surface area (Å²) in [6.07, 6.45) is 1.98. The zero-order chi connectivity index (χ0) is 19.4. The van der Waals surface area contributed by atoms with Gasteiger partial charge in [-0.25, -0.2) is 9.97 Å². The highest BCUT2D eigenvalue weighted by atomic mass is 16.1. The molecule has 1 aromatic carbocycles. The molecule has 1 fully saturated rings. The van der Waals surface area contributed by atoms with Gasteiger partial charge in [-0.2, -0.15) is 9.61 Å². The van der Waals surface area contributed by atoms with Crippen LogP contribution in [0.2, 0.25) is 0 Å². The molecule has 7 nitrogen and oxygen atoms in total. The number of nitrogens with zero attached hydrogens (tertiary/aromatic N) is 6. The predicted molar refractivity (Wildman–Crippen MR) is 109 cm³/mol. The van der Waals surface area contributed by atoms with Crippen molar-refractivity contribution in [2.45, 2.75) is 32.7 Å². The van der Waals surface area contributed by atoms with E-state index >= 15 is 0 Å². The van der Waals surface area contributed by atoms with Crippen LogP contribution in [-0.2, 0) is 7.05 Å². The van der Waals surface area contributed by atoms with Crippen LogP contribution in [0.25, 0.3) is 16.6 Å². The lowest BCUT2D eigenvalue weighted by Gasteiger charge is -2.28. The van der Waals surface area contributed by atoms with Gasteiger partial charge in [0.2, 0.25) is 0 Å². The molecule has 1 aliphatic heterocycles. The maximum absolute atomic E-state index is 12.9. The van der Waals surface area contributed by atoms with Crippen LogP contribution in [0.5, 0.6) is 0 Å². The van der Waals surface area contributed by atoms with Crippen LogP contribution >= 0.6 is 0 Å². The van der Waals surface area contributed by atoms with Crippen molar-refractivity contribution >= 4 is 22.4 Å². The molecule has 1 saturated heterocycles. The number of rotatable bonds is 2. The summed E-state index contributed by atoms with van der Waals surface area (Å²) in [5.74, 6) is 1.80. The van der Waals surface area contributed by atoms with E-state index in [1.54, 1.807) is 4.57 Å². The van der Waals surface area contributed by atoms with E-state index in [0.717, 1.165) is 53.6 Å². The van der Waals surface area contributed by atoms with Gasteiger partial charge in [-0.3, -0.25) is 9.36 Å². The van der Waals surface area contributed by atoms with E-state index in [4.69, 9.17) is 4.98 Å². The third-order valence-corrected chi connectivity index (χ3v) is 5.52. The second-order valence-electron chi connectivity index (χ2n) is 7.51. The Labute approximate surface area is 162 Å². The quantitative estimate of drug-likeness (QED) is 0.540. The maximum atomic E-state index is 12.9. The fraction of sp³-hybridized carbons (Fsp3) is 0.333. The summed E-state index contributed by atoms with van der Waals surface area (Å²) in [6.45, 7) is 4.87. The normalized spacial score (nSPS) is 17.1. The number of aromatic nitrogens is 5. The number of aryl methyl sites for hydroxylation is 2. The number of para-hydroxylation sites is 1. The van der Waals surface area contributed by atoms with Crippen molar-refractivity contribution in [3.05, 3.63) is 64.0 Å². The molecule has 28 heavy (non-hydrogen) atoms. The Morgan fingerprint density at radius 2 is 1.89 bits per heavy atom. The Hall–Kier alpha value is -3.22. The molecule has 142 valence electrons. The van der Waals surface area contributed by atoms with Gasteiger partial charge in [-0.15, -0.1) is 0 Å². The van der Waals surface area contributed by atoms with Crippen molar-refractivity contribution in [3.8, 4) is 0 Å². The summed E-state index contributed by atoms with van der Waals surface area (Å²) in [4.78, 5) is 24.7. The van der Waals surface area contributed by atoms with Crippen LogP contribution in [0, 0.1) is 13.8 Å². The van der Waals surface area contributed by atoms with Crippen LogP contribution in [0.1, 0.15) is 36.1 Å². The zero-order valence-corrected chi connectivity index (χ0v) is 16.3. The molecule has 4 aromatic rings. The molecule has 0 radical (unpaired) electrons. The molecule has 1 unspecified atom stereocenters. The minimum absolute atomic E-state index is 0.00144. The third kappa shape index (κ3) is 2.50. The first kappa shape index (κ1) is 16.9. The standard InChI is InChI=1S/C21H22N6O/c1-13-12-19(27-18(22-13)11-14(2)24-27)26-10-6-9-17(26)20-23-16-8-5-4-7-15(16)21(28)25(20)3/h4-5,7-8,11-12,17H,6,9-10H2,1-3H3. The number of fused-ring (bicyclic) bond motifs is 2. The zero-order valence-electron chi connectivity index (χ0n) is 16.3. The fourth-order valence-corrected chi connectivity index (χ4v) is 4.24. The molecule has 0 amide bonds. The molecule has 0 spiro atoms. The van der Waals surface area contributed by atoms with E-state index in [1.807, 2.05) is 55.7 Å². The second-order valence-corrected chi connectivity index (χ2v) is 7.51. The summed E-state index contributed by atoms with van der Waals surface area (Å²) in [5, 5.41) is 5.30. The van der Waals surface area contributed by atoms with Gasteiger partial charge in [0, 0.05) is 31.4 Å². The Bertz CT molecular complexity index is 1270. The van der Waals surface area contributed by atoms with E-state index < -0.39 is 0 Å². The molecule has 7 heteroatoms. The minimum atomic E-state index is -0.00144. The second kappa shape index (κ2) is 6.15. The van der Waals surface area contributed by atoms with Crippen molar-refractivity contribution < 1.29 is 0 Å². The first-order valence-electron chi connectivity index (χ1n) is 9.59. The van der Waals surface area contributed by atoms with E-state index in [1.165, 1.54) is 0 Å². The fourth-order valence-electron chi connectivity index (χ4n) is 4.24. The van der Waals surface area contributed by atoms with Crippen molar-refractivity contribution in [2.75, 3.05) is 11.4 Å². The monoisotopic (exact) mass is 374 g/mol. The highest BCUT2D eigenvalue weighted by molar-refractivity contribution is 5.77. The molecule has 1 aliphatic rings. The van der Waals surface area contributed by atoms with Gasteiger partial charge in [0.1, 0.15) is 11.6 Å². The van der Waals surface area contributed by atoms with Crippen LogP contribution in [0.3, 0.4) is 0 Å².